The lowest BCUT2D eigenvalue weighted by Crippen LogP contribution is -2.03. The van der Waals surface area contributed by atoms with Crippen LogP contribution >= 0.6 is 0 Å². The summed E-state index contributed by atoms with van der Waals surface area (Å²) >= 11 is 0. The molecule has 3 nitrogen and oxygen atoms in total. The van der Waals surface area contributed by atoms with Crippen molar-refractivity contribution in [1.82, 2.24) is 9.38 Å². The minimum absolute atomic E-state index is 0.437. The Kier molecular flexibility index (Phi) is 2.73. The van der Waals surface area contributed by atoms with E-state index in [0.29, 0.717) is 12.5 Å². The maximum atomic E-state index is 5.59. The number of fused-ring (bicyclic) bond motifs is 1. The summed E-state index contributed by atoms with van der Waals surface area (Å²) in [5.74, 6) is 1.56. The molecule has 2 aromatic rings. The van der Waals surface area contributed by atoms with E-state index < -0.39 is 0 Å². The standard InChI is InChI=1S/C12H17N3/c1-9(2)12-14-10(6-7-13)11-5-3-4-8-15(11)12/h3-5,8-9H,6-7,13H2,1-2H3. The molecule has 0 atom stereocenters. The largest absolute Gasteiger partial charge is 0.330 e. The molecule has 0 fully saturated rings. The molecule has 80 valence electrons. The molecule has 0 spiro atoms. The number of nitrogens with zero attached hydrogens (tertiary/aromatic N) is 2. The van der Waals surface area contributed by atoms with E-state index in [9.17, 15) is 0 Å². The maximum Gasteiger partial charge on any atom is 0.116 e. The van der Waals surface area contributed by atoms with Crippen LogP contribution in [0.3, 0.4) is 0 Å². The average molecular weight is 203 g/mol. The Morgan fingerprint density at radius 3 is 2.87 bits per heavy atom. The highest BCUT2D eigenvalue weighted by Gasteiger charge is 2.11. The number of rotatable bonds is 3. The summed E-state index contributed by atoms with van der Waals surface area (Å²) in [7, 11) is 0. The molecule has 0 saturated heterocycles. The zero-order valence-electron chi connectivity index (χ0n) is 9.27. The topological polar surface area (TPSA) is 43.3 Å². The van der Waals surface area contributed by atoms with Gasteiger partial charge in [0.05, 0.1) is 11.2 Å². The monoisotopic (exact) mass is 203 g/mol. The minimum Gasteiger partial charge on any atom is -0.330 e. The maximum absolute atomic E-state index is 5.59. The van der Waals surface area contributed by atoms with Crippen LogP contribution in [-0.2, 0) is 6.42 Å². The first-order chi connectivity index (χ1) is 7.24. The average Bonchev–Trinajstić information content (AvgIpc) is 2.59. The summed E-state index contributed by atoms with van der Waals surface area (Å²) in [5.41, 5.74) is 7.89. The Balaban J connectivity index is 2.62. The molecule has 2 N–H and O–H groups in total. The van der Waals surface area contributed by atoms with E-state index in [-0.39, 0.29) is 0 Å². The van der Waals surface area contributed by atoms with Gasteiger partial charge in [-0.15, -0.1) is 0 Å². The molecule has 0 bridgehead atoms. The fraction of sp³-hybridized carbons (Fsp3) is 0.417. The minimum atomic E-state index is 0.437. The molecule has 0 aliphatic rings. The van der Waals surface area contributed by atoms with E-state index in [1.807, 2.05) is 12.1 Å². The SMILES string of the molecule is CC(C)c1nc(CCN)c2ccccn12. The smallest absolute Gasteiger partial charge is 0.116 e. The van der Waals surface area contributed by atoms with Crippen molar-refractivity contribution >= 4 is 5.52 Å². The Morgan fingerprint density at radius 2 is 2.20 bits per heavy atom. The van der Waals surface area contributed by atoms with Gasteiger partial charge in [-0.1, -0.05) is 19.9 Å². The van der Waals surface area contributed by atoms with Crippen molar-refractivity contribution in [2.24, 2.45) is 5.73 Å². The van der Waals surface area contributed by atoms with Crippen molar-refractivity contribution in [2.45, 2.75) is 26.2 Å². The van der Waals surface area contributed by atoms with Gasteiger partial charge in [-0.25, -0.2) is 4.98 Å². The third-order valence-electron chi connectivity index (χ3n) is 2.55. The highest BCUT2D eigenvalue weighted by molar-refractivity contribution is 5.53. The van der Waals surface area contributed by atoms with Gasteiger partial charge in [-0.05, 0) is 18.7 Å². The Labute approximate surface area is 89.9 Å². The van der Waals surface area contributed by atoms with Gasteiger partial charge in [0, 0.05) is 18.5 Å². The van der Waals surface area contributed by atoms with Crippen LogP contribution in [0.2, 0.25) is 0 Å². The first-order valence-corrected chi connectivity index (χ1v) is 5.40. The second-order valence-corrected chi connectivity index (χ2v) is 4.07. The summed E-state index contributed by atoms with van der Waals surface area (Å²) in [4.78, 5) is 4.66. The molecule has 0 saturated carbocycles. The molecule has 3 heteroatoms. The summed E-state index contributed by atoms with van der Waals surface area (Å²) in [6, 6.07) is 6.18. The number of nitrogens with two attached hydrogens (primary N) is 1. The van der Waals surface area contributed by atoms with Crippen molar-refractivity contribution in [3.05, 3.63) is 35.9 Å². The third kappa shape index (κ3) is 1.75. The van der Waals surface area contributed by atoms with Crippen molar-refractivity contribution in [1.29, 1.82) is 0 Å². The van der Waals surface area contributed by atoms with Gasteiger partial charge < -0.3 is 10.1 Å². The predicted molar refractivity (Wildman–Crippen MR) is 62.0 cm³/mol. The van der Waals surface area contributed by atoms with Crippen LogP contribution in [0.4, 0.5) is 0 Å². The molecular weight excluding hydrogens is 186 g/mol. The van der Waals surface area contributed by atoms with Crippen molar-refractivity contribution in [2.75, 3.05) is 6.54 Å². The van der Waals surface area contributed by atoms with Crippen LogP contribution in [0.25, 0.3) is 5.52 Å². The molecule has 2 aromatic heterocycles. The molecule has 0 aromatic carbocycles. The molecule has 0 amide bonds. The van der Waals surface area contributed by atoms with Gasteiger partial charge >= 0.3 is 0 Å². The molecule has 0 unspecified atom stereocenters. The van der Waals surface area contributed by atoms with Crippen LogP contribution in [0.1, 0.15) is 31.3 Å². The highest BCUT2D eigenvalue weighted by Crippen LogP contribution is 2.19. The summed E-state index contributed by atoms with van der Waals surface area (Å²) in [6.45, 7) is 4.97. The number of aromatic nitrogens is 2. The second kappa shape index (κ2) is 4.03. The van der Waals surface area contributed by atoms with Gasteiger partial charge in [0.2, 0.25) is 0 Å². The molecule has 0 aliphatic heterocycles. The van der Waals surface area contributed by atoms with E-state index in [1.165, 1.54) is 5.52 Å². The van der Waals surface area contributed by atoms with Gasteiger partial charge in [0.25, 0.3) is 0 Å². The van der Waals surface area contributed by atoms with E-state index in [0.717, 1.165) is 17.9 Å². The molecule has 2 heterocycles. The van der Waals surface area contributed by atoms with Crippen molar-refractivity contribution in [3.8, 4) is 0 Å². The Morgan fingerprint density at radius 1 is 1.40 bits per heavy atom. The van der Waals surface area contributed by atoms with E-state index >= 15 is 0 Å². The zero-order valence-corrected chi connectivity index (χ0v) is 9.27. The first kappa shape index (κ1) is 10.2. The Bertz CT molecular complexity index is 457. The highest BCUT2D eigenvalue weighted by atomic mass is 15.0. The van der Waals surface area contributed by atoms with Gasteiger partial charge in [-0.3, -0.25) is 0 Å². The van der Waals surface area contributed by atoms with Crippen LogP contribution in [0.5, 0.6) is 0 Å². The fourth-order valence-electron chi connectivity index (χ4n) is 1.86. The van der Waals surface area contributed by atoms with E-state index in [1.54, 1.807) is 0 Å². The fourth-order valence-corrected chi connectivity index (χ4v) is 1.86. The number of imidazole rings is 1. The zero-order chi connectivity index (χ0) is 10.8. The van der Waals surface area contributed by atoms with Gasteiger partial charge in [0.1, 0.15) is 5.82 Å². The summed E-state index contributed by atoms with van der Waals surface area (Å²) in [5, 5.41) is 0. The lowest BCUT2D eigenvalue weighted by atomic mass is 10.2. The lowest BCUT2D eigenvalue weighted by molar-refractivity contribution is 0.764. The van der Waals surface area contributed by atoms with Crippen LogP contribution < -0.4 is 5.73 Å². The molecular formula is C12H17N3. The Hall–Kier alpha value is -1.35. The van der Waals surface area contributed by atoms with Gasteiger partial charge in [0.15, 0.2) is 0 Å². The normalized spacial score (nSPS) is 11.5. The molecule has 15 heavy (non-hydrogen) atoms. The van der Waals surface area contributed by atoms with Crippen molar-refractivity contribution in [3.63, 3.8) is 0 Å². The first-order valence-electron chi connectivity index (χ1n) is 5.40. The third-order valence-corrected chi connectivity index (χ3v) is 2.55. The molecule has 2 rings (SSSR count). The second-order valence-electron chi connectivity index (χ2n) is 4.07. The quantitative estimate of drug-likeness (QED) is 0.828. The van der Waals surface area contributed by atoms with Gasteiger partial charge in [-0.2, -0.15) is 0 Å². The number of hydrogen-bond acceptors (Lipinski definition) is 2. The summed E-state index contributed by atoms with van der Waals surface area (Å²) < 4.78 is 2.16. The van der Waals surface area contributed by atoms with Crippen LogP contribution in [0.15, 0.2) is 24.4 Å². The predicted octanol–water partition coefficient (Wildman–Crippen LogP) is 1.96. The van der Waals surface area contributed by atoms with Crippen LogP contribution in [-0.4, -0.2) is 15.9 Å². The van der Waals surface area contributed by atoms with Crippen LogP contribution in [0, 0.1) is 0 Å². The molecule has 0 aliphatic carbocycles. The lowest BCUT2D eigenvalue weighted by Gasteiger charge is -2.02. The van der Waals surface area contributed by atoms with E-state index in [2.05, 4.69) is 35.5 Å². The molecule has 0 radical (unpaired) electrons. The number of hydrogen-bond donors (Lipinski definition) is 1. The van der Waals surface area contributed by atoms with Crippen molar-refractivity contribution < 1.29 is 0 Å². The number of pyridine rings is 1. The van der Waals surface area contributed by atoms with E-state index in [4.69, 9.17) is 5.73 Å². The summed E-state index contributed by atoms with van der Waals surface area (Å²) in [6.07, 6.45) is 2.91.